The van der Waals surface area contributed by atoms with Crippen LogP contribution in [-0.2, 0) is 19.1 Å². The van der Waals surface area contributed by atoms with Crippen LogP contribution in [0.4, 0.5) is 0 Å². The van der Waals surface area contributed by atoms with E-state index in [1.54, 1.807) is 0 Å². The van der Waals surface area contributed by atoms with E-state index in [1.165, 1.54) is 64.2 Å². The van der Waals surface area contributed by atoms with Crippen molar-refractivity contribution in [2.45, 2.75) is 157 Å². The largest absolute Gasteiger partial charge is 0.465 e. The van der Waals surface area contributed by atoms with Crippen molar-refractivity contribution in [1.82, 2.24) is 0 Å². The summed E-state index contributed by atoms with van der Waals surface area (Å²) in [6.07, 6.45) is 20.3. The van der Waals surface area contributed by atoms with Crippen LogP contribution in [-0.4, -0.2) is 25.2 Å². The number of carbonyl (C=O) groups is 2. The van der Waals surface area contributed by atoms with Crippen molar-refractivity contribution in [3.8, 4) is 0 Å². The minimum Gasteiger partial charge on any atom is -0.465 e. The Morgan fingerprint density at radius 2 is 0.789 bits per heavy atom. The van der Waals surface area contributed by atoms with Crippen LogP contribution in [0.5, 0.6) is 0 Å². The van der Waals surface area contributed by atoms with E-state index >= 15 is 0 Å². The fraction of sp³-hybridized carbons (Fsp3) is 0.941. The van der Waals surface area contributed by atoms with Gasteiger partial charge in [0.15, 0.2) is 0 Å². The van der Waals surface area contributed by atoms with Gasteiger partial charge in [-0.1, -0.05) is 106 Å². The molecule has 0 amide bonds. The summed E-state index contributed by atoms with van der Waals surface area (Å²) < 4.78 is 11.2. The standard InChI is InChI=1S/C34H64O4/c1-27(2)15-7-9-17-29(5)19-11-13-25-37-33(35)31-21-23-32(24-22-31)34(36)38-26-14-12-20-30(6)18-10-8-16-28(3)4/h27-32H,7-26H2,1-6H3. The number of rotatable bonds is 22. The molecular formula is C34H64O4. The Labute approximate surface area is 236 Å². The van der Waals surface area contributed by atoms with Gasteiger partial charge in [-0.05, 0) is 75.0 Å². The van der Waals surface area contributed by atoms with Gasteiger partial charge in [0.2, 0.25) is 0 Å². The predicted octanol–water partition coefficient (Wildman–Crippen LogP) is 9.92. The van der Waals surface area contributed by atoms with Crippen molar-refractivity contribution in [2.75, 3.05) is 13.2 Å². The van der Waals surface area contributed by atoms with Gasteiger partial charge in [-0.25, -0.2) is 0 Å². The molecule has 1 aliphatic carbocycles. The molecule has 0 spiro atoms. The SMILES string of the molecule is CC(C)CCCCC(C)CCCCOC(=O)C1CCC(C(=O)OCCCCC(C)CCCCC(C)C)CC1. The van der Waals surface area contributed by atoms with E-state index in [4.69, 9.17) is 9.47 Å². The minimum atomic E-state index is -0.0584. The van der Waals surface area contributed by atoms with Gasteiger partial charge >= 0.3 is 11.9 Å². The van der Waals surface area contributed by atoms with Crippen molar-refractivity contribution in [3.63, 3.8) is 0 Å². The first-order valence-electron chi connectivity index (χ1n) is 16.5. The van der Waals surface area contributed by atoms with E-state index in [2.05, 4.69) is 41.5 Å². The maximum atomic E-state index is 12.5. The molecule has 2 unspecified atom stereocenters. The smallest absolute Gasteiger partial charge is 0.308 e. The highest BCUT2D eigenvalue weighted by molar-refractivity contribution is 5.75. The summed E-state index contributed by atoms with van der Waals surface area (Å²) in [7, 11) is 0. The van der Waals surface area contributed by atoms with E-state index < -0.39 is 0 Å². The minimum absolute atomic E-state index is 0.0408. The molecule has 0 bridgehead atoms. The normalized spacial score (nSPS) is 19.5. The lowest BCUT2D eigenvalue weighted by atomic mass is 9.82. The van der Waals surface area contributed by atoms with Gasteiger partial charge in [0.1, 0.15) is 0 Å². The zero-order valence-electron chi connectivity index (χ0n) is 26.2. The lowest BCUT2D eigenvalue weighted by Gasteiger charge is -2.26. The van der Waals surface area contributed by atoms with Crippen LogP contribution in [0.3, 0.4) is 0 Å². The number of unbranched alkanes of at least 4 members (excludes halogenated alkanes) is 4. The third-order valence-corrected chi connectivity index (χ3v) is 8.52. The van der Waals surface area contributed by atoms with Gasteiger partial charge in [-0.15, -0.1) is 0 Å². The molecule has 224 valence electrons. The fourth-order valence-corrected chi connectivity index (χ4v) is 5.72. The van der Waals surface area contributed by atoms with Gasteiger partial charge in [-0.3, -0.25) is 9.59 Å². The molecule has 1 rings (SSSR count). The molecule has 4 nitrogen and oxygen atoms in total. The van der Waals surface area contributed by atoms with Crippen LogP contribution in [0.2, 0.25) is 0 Å². The Kier molecular flexibility index (Phi) is 20.0. The highest BCUT2D eigenvalue weighted by Gasteiger charge is 2.31. The zero-order valence-corrected chi connectivity index (χ0v) is 26.2. The quantitative estimate of drug-likeness (QED) is 0.102. The molecular weight excluding hydrogens is 472 g/mol. The lowest BCUT2D eigenvalue weighted by Crippen LogP contribution is -2.28. The maximum Gasteiger partial charge on any atom is 0.308 e. The highest BCUT2D eigenvalue weighted by atomic mass is 16.5. The van der Waals surface area contributed by atoms with Crippen molar-refractivity contribution >= 4 is 11.9 Å². The van der Waals surface area contributed by atoms with E-state index in [-0.39, 0.29) is 23.8 Å². The van der Waals surface area contributed by atoms with Gasteiger partial charge < -0.3 is 9.47 Å². The Morgan fingerprint density at radius 3 is 1.11 bits per heavy atom. The molecule has 0 N–H and O–H groups in total. The Hall–Kier alpha value is -1.06. The van der Waals surface area contributed by atoms with Gasteiger partial charge in [0.05, 0.1) is 25.0 Å². The molecule has 0 aliphatic heterocycles. The summed E-state index contributed by atoms with van der Waals surface area (Å²) in [5, 5.41) is 0. The third-order valence-electron chi connectivity index (χ3n) is 8.52. The summed E-state index contributed by atoms with van der Waals surface area (Å²) in [5.41, 5.74) is 0. The molecule has 2 atom stereocenters. The van der Waals surface area contributed by atoms with Gasteiger partial charge in [0.25, 0.3) is 0 Å². The van der Waals surface area contributed by atoms with E-state index in [0.717, 1.165) is 75.0 Å². The van der Waals surface area contributed by atoms with Crippen LogP contribution in [0, 0.1) is 35.5 Å². The second-order valence-corrected chi connectivity index (χ2v) is 13.4. The molecule has 1 saturated carbocycles. The summed E-state index contributed by atoms with van der Waals surface area (Å²) in [6.45, 7) is 15.0. The number of carbonyl (C=O) groups excluding carboxylic acids is 2. The first kappa shape index (κ1) is 35.0. The van der Waals surface area contributed by atoms with Crippen molar-refractivity contribution in [2.24, 2.45) is 35.5 Å². The monoisotopic (exact) mass is 536 g/mol. The molecule has 0 radical (unpaired) electrons. The predicted molar refractivity (Wildman–Crippen MR) is 160 cm³/mol. The topological polar surface area (TPSA) is 52.6 Å². The molecule has 1 aliphatic rings. The second kappa shape index (κ2) is 21.7. The molecule has 0 heterocycles. The Bertz CT molecular complexity index is 539. The van der Waals surface area contributed by atoms with Crippen molar-refractivity contribution in [1.29, 1.82) is 0 Å². The average molecular weight is 537 g/mol. The number of hydrogen-bond donors (Lipinski definition) is 0. The van der Waals surface area contributed by atoms with Crippen LogP contribution in [0.1, 0.15) is 157 Å². The molecule has 0 saturated heterocycles. The highest BCUT2D eigenvalue weighted by Crippen LogP contribution is 2.30. The maximum absolute atomic E-state index is 12.5. The third kappa shape index (κ3) is 18.3. The second-order valence-electron chi connectivity index (χ2n) is 13.4. The molecule has 1 fully saturated rings. The van der Waals surface area contributed by atoms with Crippen molar-refractivity contribution in [3.05, 3.63) is 0 Å². The number of esters is 2. The zero-order chi connectivity index (χ0) is 28.2. The number of ether oxygens (including phenoxy) is 2. The average Bonchev–Trinajstić information content (AvgIpc) is 2.88. The summed E-state index contributed by atoms with van der Waals surface area (Å²) in [5.74, 6) is 2.95. The molecule has 0 aromatic heterocycles. The van der Waals surface area contributed by atoms with Crippen LogP contribution in [0.15, 0.2) is 0 Å². The summed E-state index contributed by atoms with van der Waals surface area (Å²) in [6, 6.07) is 0. The molecule has 0 aromatic carbocycles. The first-order chi connectivity index (χ1) is 18.2. The summed E-state index contributed by atoms with van der Waals surface area (Å²) >= 11 is 0. The van der Waals surface area contributed by atoms with E-state index in [0.29, 0.717) is 13.2 Å². The van der Waals surface area contributed by atoms with Crippen LogP contribution < -0.4 is 0 Å². The fourth-order valence-electron chi connectivity index (χ4n) is 5.72. The Balaban J connectivity index is 2.02. The van der Waals surface area contributed by atoms with Gasteiger partial charge in [-0.2, -0.15) is 0 Å². The molecule has 0 aromatic rings. The Morgan fingerprint density at radius 1 is 0.500 bits per heavy atom. The summed E-state index contributed by atoms with van der Waals surface area (Å²) in [4.78, 5) is 24.9. The molecule has 38 heavy (non-hydrogen) atoms. The van der Waals surface area contributed by atoms with E-state index in [1.807, 2.05) is 0 Å². The van der Waals surface area contributed by atoms with Crippen LogP contribution in [0.25, 0.3) is 0 Å². The lowest BCUT2D eigenvalue weighted by molar-refractivity contribution is -0.155. The van der Waals surface area contributed by atoms with Crippen molar-refractivity contribution < 1.29 is 19.1 Å². The first-order valence-corrected chi connectivity index (χ1v) is 16.5. The van der Waals surface area contributed by atoms with E-state index in [9.17, 15) is 9.59 Å². The number of hydrogen-bond acceptors (Lipinski definition) is 4. The van der Waals surface area contributed by atoms with Gasteiger partial charge in [0, 0.05) is 0 Å². The van der Waals surface area contributed by atoms with Crippen LogP contribution >= 0.6 is 0 Å². The molecule has 4 heteroatoms.